The summed E-state index contributed by atoms with van der Waals surface area (Å²) in [6.07, 6.45) is 0. The molecule has 0 atom stereocenters. The smallest absolute Gasteiger partial charge is 0.238 e. The van der Waals surface area contributed by atoms with Crippen LogP contribution in [0.1, 0.15) is 5.56 Å². The van der Waals surface area contributed by atoms with E-state index in [0.717, 1.165) is 5.56 Å². The van der Waals surface area contributed by atoms with E-state index in [1.54, 1.807) is 49.6 Å². The minimum atomic E-state index is -3.89. The molecule has 0 aliphatic carbocycles. The molecule has 1 N–H and O–H groups in total. The molecule has 152 valence electrons. The van der Waals surface area contributed by atoms with Gasteiger partial charge in [0.05, 0.1) is 12.0 Å². The Labute approximate surface area is 175 Å². The van der Waals surface area contributed by atoms with Crippen molar-refractivity contribution in [3.05, 3.63) is 84.4 Å². The Kier molecular flexibility index (Phi) is 5.29. The molecule has 0 amide bonds. The first-order valence-electron chi connectivity index (χ1n) is 9.26. The van der Waals surface area contributed by atoms with E-state index >= 15 is 0 Å². The molecule has 4 rings (SSSR count). The zero-order chi connectivity index (χ0) is 21.1. The fourth-order valence-corrected chi connectivity index (χ4v) is 4.18. The molecule has 6 nitrogen and oxygen atoms in total. The summed E-state index contributed by atoms with van der Waals surface area (Å²) in [6, 6.07) is 22.8. The number of hydrogen-bond donors (Lipinski definition) is 1. The van der Waals surface area contributed by atoms with Crippen LogP contribution in [0.15, 0.2) is 93.2 Å². The summed E-state index contributed by atoms with van der Waals surface area (Å²) in [4.78, 5) is 4.48. The van der Waals surface area contributed by atoms with Crippen molar-refractivity contribution in [1.29, 1.82) is 0 Å². The van der Waals surface area contributed by atoms with Crippen LogP contribution in [0.3, 0.4) is 0 Å². The average Bonchev–Trinajstić information content (AvgIpc) is 3.20. The second kappa shape index (κ2) is 8.04. The maximum absolute atomic E-state index is 13.3. The lowest BCUT2D eigenvalue weighted by atomic mass is 10.2. The van der Waals surface area contributed by atoms with Gasteiger partial charge in [-0.15, -0.1) is 0 Å². The molecule has 3 aromatic carbocycles. The van der Waals surface area contributed by atoms with Gasteiger partial charge in [0.2, 0.25) is 26.6 Å². The number of sulfone groups is 1. The van der Waals surface area contributed by atoms with Gasteiger partial charge in [0.25, 0.3) is 0 Å². The zero-order valence-electron chi connectivity index (χ0n) is 16.5. The van der Waals surface area contributed by atoms with E-state index in [9.17, 15) is 8.42 Å². The minimum Gasteiger partial charge on any atom is -0.497 e. The zero-order valence-corrected chi connectivity index (χ0v) is 17.3. The normalized spacial score (nSPS) is 11.3. The quantitative estimate of drug-likeness (QED) is 0.460. The van der Waals surface area contributed by atoms with Gasteiger partial charge in [-0.05, 0) is 55.5 Å². The summed E-state index contributed by atoms with van der Waals surface area (Å²) in [5.41, 5.74) is 2.42. The molecule has 0 fully saturated rings. The molecular weight excluding hydrogens is 400 g/mol. The topological polar surface area (TPSA) is 81.4 Å². The Morgan fingerprint density at radius 2 is 1.57 bits per heavy atom. The first-order chi connectivity index (χ1) is 14.5. The lowest BCUT2D eigenvalue weighted by molar-refractivity contribution is 0.415. The molecule has 30 heavy (non-hydrogen) atoms. The third-order valence-electron chi connectivity index (χ3n) is 4.55. The largest absolute Gasteiger partial charge is 0.497 e. The number of nitrogens with zero attached hydrogens (tertiary/aromatic N) is 1. The maximum atomic E-state index is 13.3. The predicted octanol–water partition coefficient (Wildman–Crippen LogP) is 5.24. The molecular formula is C23H20N2O4S. The van der Waals surface area contributed by atoms with Gasteiger partial charge >= 0.3 is 0 Å². The molecule has 0 saturated carbocycles. The maximum Gasteiger partial charge on any atom is 0.238 e. The highest BCUT2D eigenvalue weighted by Crippen LogP contribution is 2.34. The summed E-state index contributed by atoms with van der Waals surface area (Å²) in [5, 5.41) is 2.89. The van der Waals surface area contributed by atoms with E-state index in [0.29, 0.717) is 17.0 Å². The van der Waals surface area contributed by atoms with E-state index in [1.165, 1.54) is 12.1 Å². The van der Waals surface area contributed by atoms with Gasteiger partial charge in [-0.3, -0.25) is 0 Å². The number of ether oxygens (including phenoxy) is 1. The van der Waals surface area contributed by atoms with Crippen molar-refractivity contribution < 1.29 is 17.6 Å². The number of benzene rings is 3. The first-order valence-corrected chi connectivity index (χ1v) is 10.7. The fourth-order valence-electron chi connectivity index (χ4n) is 2.90. The summed E-state index contributed by atoms with van der Waals surface area (Å²) in [5.74, 6) is 0.940. The van der Waals surface area contributed by atoms with Crippen molar-refractivity contribution in [2.24, 2.45) is 0 Å². The number of hydrogen-bond acceptors (Lipinski definition) is 6. The van der Waals surface area contributed by atoms with E-state index in [-0.39, 0.29) is 21.7 Å². The highest BCUT2D eigenvalue weighted by molar-refractivity contribution is 7.91. The molecule has 1 heterocycles. The highest BCUT2D eigenvalue weighted by Gasteiger charge is 2.28. The van der Waals surface area contributed by atoms with Crippen LogP contribution in [0.4, 0.5) is 11.6 Å². The standard InChI is InChI=1S/C23H20N2O4S/c1-16-8-12-18(13-9-16)24-22-23(30(26,27)20-6-4-3-5-7-20)25-21(29-22)17-10-14-19(28-2)15-11-17/h3-15,24H,1-2H3. The van der Waals surface area contributed by atoms with Gasteiger partial charge in [-0.2, -0.15) is 4.98 Å². The number of methoxy groups -OCH3 is 1. The Morgan fingerprint density at radius 3 is 2.20 bits per heavy atom. The SMILES string of the molecule is COc1ccc(-c2nc(S(=O)(=O)c3ccccc3)c(Nc3ccc(C)cc3)o2)cc1. The molecule has 0 aliphatic heterocycles. The molecule has 0 unspecified atom stereocenters. The van der Waals surface area contributed by atoms with Crippen LogP contribution in [-0.2, 0) is 9.84 Å². The van der Waals surface area contributed by atoms with Crippen LogP contribution in [0.5, 0.6) is 5.75 Å². The van der Waals surface area contributed by atoms with Gasteiger partial charge in [-0.1, -0.05) is 35.9 Å². The summed E-state index contributed by atoms with van der Waals surface area (Å²) >= 11 is 0. The third-order valence-corrected chi connectivity index (χ3v) is 6.23. The number of aromatic nitrogens is 1. The first kappa shape index (κ1) is 19.7. The van der Waals surface area contributed by atoms with E-state index in [2.05, 4.69) is 10.3 Å². The number of nitrogens with one attached hydrogen (secondary N) is 1. The third kappa shape index (κ3) is 3.92. The van der Waals surface area contributed by atoms with Crippen LogP contribution >= 0.6 is 0 Å². The molecule has 0 spiro atoms. The van der Waals surface area contributed by atoms with Gasteiger partial charge in [-0.25, -0.2) is 8.42 Å². The highest BCUT2D eigenvalue weighted by atomic mass is 32.2. The molecule has 1 aromatic heterocycles. The van der Waals surface area contributed by atoms with Crippen LogP contribution in [0.2, 0.25) is 0 Å². The van der Waals surface area contributed by atoms with Crippen molar-refractivity contribution in [2.75, 3.05) is 12.4 Å². The van der Waals surface area contributed by atoms with Crippen molar-refractivity contribution in [3.8, 4) is 17.2 Å². The Bertz CT molecular complexity index is 1250. The number of rotatable bonds is 6. The van der Waals surface area contributed by atoms with E-state index < -0.39 is 9.84 Å². The molecule has 4 aromatic rings. The van der Waals surface area contributed by atoms with Crippen molar-refractivity contribution in [2.45, 2.75) is 16.8 Å². The number of anilines is 2. The Hall–Kier alpha value is -3.58. The van der Waals surface area contributed by atoms with E-state index in [1.807, 2.05) is 31.2 Å². The van der Waals surface area contributed by atoms with Crippen molar-refractivity contribution in [1.82, 2.24) is 4.98 Å². The molecule has 0 saturated heterocycles. The molecule has 0 aliphatic rings. The molecule has 0 radical (unpaired) electrons. The molecule has 0 bridgehead atoms. The van der Waals surface area contributed by atoms with Crippen LogP contribution in [-0.4, -0.2) is 20.5 Å². The second-order valence-corrected chi connectivity index (χ2v) is 8.55. The Morgan fingerprint density at radius 1 is 0.900 bits per heavy atom. The van der Waals surface area contributed by atoms with E-state index in [4.69, 9.17) is 9.15 Å². The minimum absolute atomic E-state index is 0.0634. The van der Waals surface area contributed by atoms with Crippen molar-refractivity contribution >= 4 is 21.4 Å². The number of oxazole rings is 1. The second-order valence-electron chi connectivity index (χ2n) is 6.69. The monoisotopic (exact) mass is 420 g/mol. The van der Waals surface area contributed by atoms with Gasteiger partial charge in [0.1, 0.15) is 5.75 Å². The van der Waals surface area contributed by atoms with Crippen LogP contribution in [0.25, 0.3) is 11.5 Å². The van der Waals surface area contributed by atoms with Gasteiger partial charge in [0, 0.05) is 11.3 Å². The van der Waals surface area contributed by atoms with Gasteiger partial charge < -0.3 is 14.5 Å². The lowest BCUT2D eigenvalue weighted by Gasteiger charge is -2.06. The summed E-state index contributed by atoms with van der Waals surface area (Å²) < 4.78 is 37.6. The summed E-state index contributed by atoms with van der Waals surface area (Å²) in [6.45, 7) is 1.98. The summed E-state index contributed by atoms with van der Waals surface area (Å²) in [7, 11) is -2.31. The Balaban J connectivity index is 1.81. The molecule has 7 heteroatoms. The predicted molar refractivity (Wildman–Crippen MR) is 115 cm³/mol. The van der Waals surface area contributed by atoms with Crippen molar-refractivity contribution in [3.63, 3.8) is 0 Å². The fraction of sp³-hybridized carbons (Fsp3) is 0.0870. The number of aryl methyl sites for hydroxylation is 1. The van der Waals surface area contributed by atoms with Crippen LogP contribution in [0, 0.1) is 6.92 Å². The average molecular weight is 420 g/mol. The van der Waals surface area contributed by atoms with Crippen LogP contribution < -0.4 is 10.1 Å². The lowest BCUT2D eigenvalue weighted by Crippen LogP contribution is -2.05. The van der Waals surface area contributed by atoms with Gasteiger partial charge in [0.15, 0.2) is 0 Å².